The molecule has 1 saturated heterocycles. The van der Waals surface area contributed by atoms with E-state index in [0.717, 1.165) is 16.7 Å². The summed E-state index contributed by atoms with van der Waals surface area (Å²) in [6.45, 7) is 7.04. The van der Waals surface area contributed by atoms with Gasteiger partial charge >= 0.3 is 5.97 Å². The van der Waals surface area contributed by atoms with E-state index in [1.165, 1.54) is 39.2 Å². The van der Waals surface area contributed by atoms with E-state index >= 15 is 0 Å². The van der Waals surface area contributed by atoms with E-state index < -0.39 is 0 Å². The van der Waals surface area contributed by atoms with E-state index in [9.17, 15) is 4.79 Å². The average molecular weight is 276 g/mol. The van der Waals surface area contributed by atoms with Gasteiger partial charge in [-0.3, -0.25) is 0 Å². The van der Waals surface area contributed by atoms with Crippen LogP contribution in [0.3, 0.4) is 0 Å². The van der Waals surface area contributed by atoms with Crippen LogP contribution in [-0.2, 0) is 14.3 Å². The van der Waals surface area contributed by atoms with Crippen LogP contribution < -0.4 is 0 Å². The summed E-state index contributed by atoms with van der Waals surface area (Å²) in [5, 5.41) is 0. The Morgan fingerprint density at radius 1 is 1.35 bits per heavy atom. The lowest BCUT2D eigenvalue weighted by Crippen LogP contribution is -2.36. The van der Waals surface area contributed by atoms with E-state index in [4.69, 9.17) is 9.47 Å². The van der Waals surface area contributed by atoms with Gasteiger partial charge in [-0.2, -0.15) is 0 Å². The second-order valence-electron chi connectivity index (χ2n) is 6.56. The minimum Gasteiger partial charge on any atom is -0.466 e. The average Bonchev–Trinajstić information content (AvgIpc) is 2.94. The minimum atomic E-state index is -0.210. The highest BCUT2D eigenvalue weighted by Gasteiger charge is 2.54. The van der Waals surface area contributed by atoms with Crippen LogP contribution in [0.2, 0.25) is 0 Å². The third-order valence-electron chi connectivity index (χ3n) is 5.60. The smallest absolute Gasteiger partial charge is 0.334 e. The molecule has 0 bridgehead atoms. The molecule has 110 valence electrons. The van der Waals surface area contributed by atoms with Gasteiger partial charge in [-0.25, -0.2) is 4.79 Å². The molecule has 1 saturated carbocycles. The van der Waals surface area contributed by atoms with Crippen molar-refractivity contribution in [1.29, 1.82) is 0 Å². The first-order chi connectivity index (χ1) is 9.59. The van der Waals surface area contributed by atoms with Crippen LogP contribution in [-0.4, -0.2) is 25.8 Å². The summed E-state index contributed by atoms with van der Waals surface area (Å²) in [7, 11) is 1.45. The number of rotatable bonds is 2. The van der Waals surface area contributed by atoms with Gasteiger partial charge < -0.3 is 9.47 Å². The fourth-order valence-electron chi connectivity index (χ4n) is 4.34. The third-order valence-corrected chi connectivity index (χ3v) is 5.60. The van der Waals surface area contributed by atoms with Gasteiger partial charge in [-0.15, -0.1) is 0 Å². The number of carbonyl (C=O) groups excluding carboxylic acids is 1. The SMILES string of the molecule is C=C1CC(C(=O)OC)=C2CO[C@H](C3CCCCC3)[C@@]12C. The first kappa shape index (κ1) is 13.9. The van der Waals surface area contributed by atoms with Crippen LogP contribution in [0.1, 0.15) is 45.4 Å². The van der Waals surface area contributed by atoms with Gasteiger partial charge in [0.15, 0.2) is 0 Å². The van der Waals surface area contributed by atoms with E-state index in [1.54, 1.807) is 0 Å². The number of methoxy groups -OCH3 is 1. The Labute approximate surface area is 121 Å². The molecule has 3 nitrogen and oxygen atoms in total. The zero-order valence-electron chi connectivity index (χ0n) is 12.5. The molecule has 3 aliphatic rings. The zero-order chi connectivity index (χ0) is 14.3. The van der Waals surface area contributed by atoms with E-state index in [-0.39, 0.29) is 17.5 Å². The molecule has 1 heterocycles. The molecule has 20 heavy (non-hydrogen) atoms. The maximum atomic E-state index is 12.0. The number of hydrogen-bond acceptors (Lipinski definition) is 3. The summed E-state index contributed by atoms with van der Waals surface area (Å²) in [6.07, 6.45) is 7.30. The minimum absolute atomic E-state index is 0.147. The van der Waals surface area contributed by atoms with Crippen molar-refractivity contribution in [2.45, 2.75) is 51.6 Å². The number of fused-ring (bicyclic) bond motifs is 1. The summed E-state index contributed by atoms with van der Waals surface area (Å²) in [6, 6.07) is 0. The Balaban J connectivity index is 1.93. The highest BCUT2D eigenvalue weighted by molar-refractivity contribution is 5.92. The lowest BCUT2D eigenvalue weighted by molar-refractivity contribution is -0.136. The highest BCUT2D eigenvalue weighted by atomic mass is 16.5. The van der Waals surface area contributed by atoms with E-state index in [0.29, 0.717) is 18.9 Å². The Kier molecular flexibility index (Phi) is 3.49. The van der Waals surface area contributed by atoms with Crippen molar-refractivity contribution in [3.8, 4) is 0 Å². The molecule has 3 rings (SSSR count). The molecule has 2 aliphatic carbocycles. The summed E-state index contributed by atoms with van der Waals surface area (Å²) in [5.41, 5.74) is 2.90. The molecule has 0 aromatic heterocycles. The number of ether oxygens (including phenoxy) is 2. The maximum Gasteiger partial charge on any atom is 0.334 e. The first-order valence-corrected chi connectivity index (χ1v) is 7.69. The molecule has 0 N–H and O–H groups in total. The lowest BCUT2D eigenvalue weighted by atomic mass is 9.69. The molecule has 0 amide bonds. The van der Waals surface area contributed by atoms with Gasteiger partial charge in [0.1, 0.15) is 0 Å². The Hall–Kier alpha value is -1.09. The molecule has 2 fully saturated rings. The molecule has 3 heteroatoms. The topological polar surface area (TPSA) is 35.5 Å². The molecule has 0 aromatic carbocycles. The van der Waals surface area contributed by atoms with Gasteiger partial charge in [0.05, 0.1) is 19.8 Å². The van der Waals surface area contributed by atoms with Crippen LogP contribution in [0.4, 0.5) is 0 Å². The number of carbonyl (C=O) groups is 1. The molecular weight excluding hydrogens is 252 g/mol. The standard InChI is InChI=1S/C17H24O3/c1-11-9-13(16(18)19-3)14-10-20-15(17(11,14)2)12-7-5-4-6-8-12/h12,15H,1,4-10H2,2-3H3/t15-,17+/m1/s1. The van der Waals surface area contributed by atoms with Gasteiger partial charge in [-0.1, -0.05) is 31.4 Å². The largest absolute Gasteiger partial charge is 0.466 e. The summed E-state index contributed by atoms with van der Waals surface area (Å²) in [4.78, 5) is 12.0. The molecule has 0 aromatic rings. The molecule has 0 radical (unpaired) electrons. The zero-order valence-corrected chi connectivity index (χ0v) is 12.5. The van der Waals surface area contributed by atoms with Crippen molar-refractivity contribution in [3.63, 3.8) is 0 Å². The van der Waals surface area contributed by atoms with Crippen LogP contribution in [0, 0.1) is 11.3 Å². The van der Waals surface area contributed by atoms with Crippen molar-refractivity contribution in [2.24, 2.45) is 11.3 Å². The molecule has 0 unspecified atom stereocenters. The van der Waals surface area contributed by atoms with Crippen molar-refractivity contribution in [3.05, 3.63) is 23.3 Å². The van der Waals surface area contributed by atoms with Crippen LogP contribution in [0.25, 0.3) is 0 Å². The van der Waals surface area contributed by atoms with Crippen molar-refractivity contribution < 1.29 is 14.3 Å². The normalized spacial score (nSPS) is 34.5. The fourth-order valence-corrected chi connectivity index (χ4v) is 4.34. The van der Waals surface area contributed by atoms with Crippen molar-refractivity contribution >= 4 is 5.97 Å². The Bertz CT molecular complexity index is 471. The predicted molar refractivity (Wildman–Crippen MR) is 77.2 cm³/mol. The van der Waals surface area contributed by atoms with Gasteiger partial charge in [0.25, 0.3) is 0 Å². The fraction of sp³-hybridized carbons (Fsp3) is 0.706. The van der Waals surface area contributed by atoms with Crippen LogP contribution >= 0.6 is 0 Å². The molecular formula is C17H24O3. The molecule has 0 spiro atoms. The van der Waals surface area contributed by atoms with Gasteiger partial charge in [-0.05, 0) is 31.3 Å². The second kappa shape index (κ2) is 5.03. The van der Waals surface area contributed by atoms with Crippen LogP contribution in [0.5, 0.6) is 0 Å². The van der Waals surface area contributed by atoms with Gasteiger partial charge in [0.2, 0.25) is 0 Å². The highest BCUT2D eigenvalue weighted by Crippen LogP contribution is 2.56. The Morgan fingerprint density at radius 3 is 2.70 bits per heavy atom. The van der Waals surface area contributed by atoms with E-state index in [2.05, 4.69) is 13.5 Å². The number of esters is 1. The lowest BCUT2D eigenvalue weighted by Gasteiger charge is -2.37. The van der Waals surface area contributed by atoms with E-state index in [1.807, 2.05) is 0 Å². The monoisotopic (exact) mass is 276 g/mol. The maximum absolute atomic E-state index is 12.0. The molecule has 1 aliphatic heterocycles. The Morgan fingerprint density at radius 2 is 2.05 bits per heavy atom. The van der Waals surface area contributed by atoms with Gasteiger partial charge in [0, 0.05) is 17.4 Å². The summed E-state index contributed by atoms with van der Waals surface area (Å²) in [5.74, 6) is 0.401. The summed E-state index contributed by atoms with van der Waals surface area (Å²) >= 11 is 0. The first-order valence-electron chi connectivity index (χ1n) is 7.69. The van der Waals surface area contributed by atoms with Crippen molar-refractivity contribution in [2.75, 3.05) is 13.7 Å². The second-order valence-corrected chi connectivity index (χ2v) is 6.56. The number of hydrogen-bond donors (Lipinski definition) is 0. The van der Waals surface area contributed by atoms with Crippen LogP contribution in [0.15, 0.2) is 23.3 Å². The quantitative estimate of drug-likeness (QED) is 0.573. The summed E-state index contributed by atoms with van der Waals surface area (Å²) < 4.78 is 11.1. The van der Waals surface area contributed by atoms with Crippen molar-refractivity contribution in [1.82, 2.24) is 0 Å². The molecule has 2 atom stereocenters. The third kappa shape index (κ3) is 1.86. The predicted octanol–water partition coefficient (Wildman–Crippen LogP) is 3.40.